The molecule has 0 aliphatic carbocycles. The van der Waals surface area contributed by atoms with Crippen LogP contribution in [0.25, 0.3) is 21.8 Å². The summed E-state index contributed by atoms with van der Waals surface area (Å²) in [6.07, 6.45) is 2.29. The Kier molecular flexibility index (Phi) is 3.08. The highest BCUT2D eigenvalue weighted by Crippen LogP contribution is 2.37. The van der Waals surface area contributed by atoms with E-state index in [9.17, 15) is 0 Å². The normalized spacial score (nSPS) is 12.4. The number of hydrogen-bond acceptors (Lipinski definition) is 0. The van der Waals surface area contributed by atoms with Gasteiger partial charge < -0.3 is 4.57 Å². The first kappa shape index (κ1) is 13.2. The van der Waals surface area contributed by atoms with Crippen molar-refractivity contribution in [3.8, 4) is 0 Å². The predicted molar refractivity (Wildman–Crippen MR) is 88.4 cm³/mol. The Balaban J connectivity index is 2.50. The molecule has 0 aliphatic heterocycles. The minimum absolute atomic E-state index is 0.177. The zero-order valence-corrected chi connectivity index (χ0v) is 12.9. The van der Waals surface area contributed by atoms with E-state index in [-0.39, 0.29) is 5.54 Å². The lowest BCUT2D eigenvalue weighted by Gasteiger charge is -2.31. The van der Waals surface area contributed by atoms with Crippen LogP contribution in [0.4, 0.5) is 0 Å². The van der Waals surface area contributed by atoms with Crippen molar-refractivity contribution in [2.75, 3.05) is 0 Å². The van der Waals surface area contributed by atoms with E-state index < -0.39 is 0 Å². The second-order valence-corrected chi connectivity index (χ2v) is 6.08. The molecule has 0 unspecified atom stereocenters. The van der Waals surface area contributed by atoms with Crippen LogP contribution in [0.5, 0.6) is 0 Å². The number of aryl methyl sites for hydroxylation is 1. The van der Waals surface area contributed by atoms with Gasteiger partial charge in [0.25, 0.3) is 0 Å². The molecule has 0 atom stereocenters. The number of aromatic nitrogens is 1. The molecule has 1 heterocycles. The van der Waals surface area contributed by atoms with Crippen LogP contribution in [0.3, 0.4) is 0 Å². The van der Waals surface area contributed by atoms with E-state index >= 15 is 0 Å². The Bertz CT molecular complexity index is 760. The van der Waals surface area contributed by atoms with Crippen LogP contribution < -0.4 is 0 Å². The third kappa shape index (κ3) is 1.76. The standard InChI is InChI=1S/C19H23N/c1-5-19(4,6-2)20-17-10-8-7-9-15(17)16-13-14(3)11-12-18(16)20/h7-13H,5-6H2,1-4H3. The van der Waals surface area contributed by atoms with Crippen LogP contribution >= 0.6 is 0 Å². The molecule has 0 N–H and O–H groups in total. The summed E-state index contributed by atoms with van der Waals surface area (Å²) in [5.74, 6) is 0. The van der Waals surface area contributed by atoms with Crippen molar-refractivity contribution in [3.05, 3.63) is 48.0 Å². The van der Waals surface area contributed by atoms with E-state index in [2.05, 4.69) is 74.7 Å². The highest BCUT2D eigenvalue weighted by Gasteiger charge is 2.26. The van der Waals surface area contributed by atoms with Gasteiger partial charge in [-0.2, -0.15) is 0 Å². The molecular formula is C19H23N. The molecule has 0 aliphatic rings. The van der Waals surface area contributed by atoms with Gasteiger partial charge in [-0.3, -0.25) is 0 Å². The molecule has 0 saturated heterocycles. The maximum atomic E-state index is 2.55. The van der Waals surface area contributed by atoms with Crippen LogP contribution in [-0.2, 0) is 5.54 Å². The van der Waals surface area contributed by atoms with Crippen LogP contribution in [0.2, 0.25) is 0 Å². The summed E-state index contributed by atoms with van der Waals surface area (Å²) in [4.78, 5) is 0. The lowest BCUT2D eigenvalue weighted by molar-refractivity contribution is 0.313. The number of benzene rings is 2. The Hall–Kier alpha value is -1.76. The van der Waals surface area contributed by atoms with Gasteiger partial charge in [-0.05, 0) is 44.9 Å². The topological polar surface area (TPSA) is 4.93 Å². The van der Waals surface area contributed by atoms with E-state index in [0.29, 0.717) is 0 Å². The van der Waals surface area contributed by atoms with Gasteiger partial charge in [-0.25, -0.2) is 0 Å². The lowest BCUT2D eigenvalue weighted by Crippen LogP contribution is -2.28. The molecule has 3 rings (SSSR count). The van der Waals surface area contributed by atoms with Crippen LogP contribution in [-0.4, -0.2) is 4.57 Å². The smallest absolute Gasteiger partial charge is 0.0496 e. The van der Waals surface area contributed by atoms with Crippen molar-refractivity contribution in [1.29, 1.82) is 0 Å². The Morgan fingerprint density at radius 3 is 2.25 bits per heavy atom. The molecule has 1 nitrogen and oxygen atoms in total. The summed E-state index contributed by atoms with van der Waals surface area (Å²) in [5, 5.41) is 2.76. The van der Waals surface area contributed by atoms with E-state index in [1.54, 1.807) is 0 Å². The van der Waals surface area contributed by atoms with E-state index in [0.717, 1.165) is 12.8 Å². The summed E-state index contributed by atoms with van der Waals surface area (Å²) in [5.41, 5.74) is 4.23. The Morgan fingerprint density at radius 1 is 0.900 bits per heavy atom. The third-order valence-corrected chi connectivity index (χ3v) is 4.89. The van der Waals surface area contributed by atoms with Gasteiger partial charge in [0, 0.05) is 27.3 Å². The zero-order chi connectivity index (χ0) is 14.3. The quantitative estimate of drug-likeness (QED) is 0.577. The third-order valence-electron chi connectivity index (χ3n) is 4.89. The summed E-state index contributed by atoms with van der Waals surface area (Å²) in [7, 11) is 0. The van der Waals surface area contributed by atoms with Crippen molar-refractivity contribution < 1.29 is 0 Å². The van der Waals surface area contributed by atoms with Gasteiger partial charge >= 0.3 is 0 Å². The first-order chi connectivity index (χ1) is 9.60. The van der Waals surface area contributed by atoms with Crippen LogP contribution in [0, 0.1) is 6.92 Å². The molecule has 0 amide bonds. The Morgan fingerprint density at radius 2 is 1.55 bits per heavy atom. The van der Waals surface area contributed by atoms with Crippen LogP contribution in [0.15, 0.2) is 42.5 Å². The predicted octanol–water partition coefficient (Wildman–Crippen LogP) is 5.64. The minimum Gasteiger partial charge on any atom is -0.335 e. The van der Waals surface area contributed by atoms with E-state index in [4.69, 9.17) is 0 Å². The van der Waals surface area contributed by atoms with Gasteiger partial charge in [0.05, 0.1) is 0 Å². The lowest BCUT2D eigenvalue weighted by atomic mass is 9.94. The molecule has 0 spiro atoms. The van der Waals surface area contributed by atoms with Crippen molar-refractivity contribution >= 4 is 21.8 Å². The van der Waals surface area contributed by atoms with Gasteiger partial charge in [-0.1, -0.05) is 43.7 Å². The first-order valence-corrected chi connectivity index (χ1v) is 7.61. The second kappa shape index (κ2) is 4.66. The number of nitrogens with zero attached hydrogens (tertiary/aromatic N) is 1. The van der Waals surface area contributed by atoms with E-state index in [1.807, 2.05) is 0 Å². The molecule has 0 saturated carbocycles. The molecule has 104 valence electrons. The maximum Gasteiger partial charge on any atom is 0.0496 e. The van der Waals surface area contributed by atoms with Crippen molar-refractivity contribution in [2.45, 2.75) is 46.1 Å². The van der Waals surface area contributed by atoms with Gasteiger partial charge in [0.15, 0.2) is 0 Å². The second-order valence-electron chi connectivity index (χ2n) is 6.08. The summed E-state index contributed by atoms with van der Waals surface area (Å²) >= 11 is 0. The fourth-order valence-corrected chi connectivity index (χ4v) is 3.23. The largest absolute Gasteiger partial charge is 0.335 e. The van der Waals surface area contributed by atoms with Crippen molar-refractivity contribution in [2.24, 2.45) is 0 Å². The first-order valence-electron chi connectivity index (χ1n) is 7.61. The maximum absolute atomic E-state index is 2.55. The van der Waals surface area contributed by atoms with Crippen LogP contribution in [0.1, 0.15) is 39.2 Å². The highest BCUT2D eigenvalue weighted by molar-refractivity contribution is 6.08. The monoisotopic (exact) mass is 265 g/mol. The SMILES string of the molecule is CCC(C)(CC)n1c2ccccc2c2cc(C)ccc21. The highest BCUT2D eigenvalue weighted by atomic mass is 15.1. The molecule has 0 radical (unpaired) electrons. The fraction of sp³-hybridized carbons (Fsp3) is 0.368. The summed E-state index contributed by atoms with van der Waals surface area (Å²) in [6, 6.07) is 15.6. The number of hydrogen-bond donors (Lipinski definition) is 0. The number of rotatable bonds is 3. The molecule has 2 aromatic carbocycles. The number of para-hydroxylation sites is 1. The number of fused-ring (bicyclic) bond motifs is 3. The summed E-state index contributed by atoms with van der Waals surface area (Å²) in [6.45, 7) is 9.12. The average molecular weight is 265 g/mol. The molecular weight excluding hydrogens is 242 g/mol. The fourth-order valence-electron chi connectivity index (χ4n) is 3.23. The molecule has 1 heteroatoms. The molecule has 20 heavy (non-hydrogen) atoms. The minimum atomic E-state index is 0.177. The van der Waals surface area contributed by atoms with Crippen molar-refractivity contribution in [3.63, 3.8) is 0 Å². The van der Waals surface area contributed by atoms with Gasteiger partial charge in [-0.15, -0.1) is 0 Å². The van der Waals surface area contributed by atoms with Gasteiger partial charge in [0.1, 0.15) is 0 Å². The molecule has 0 bridgehead atoms. The summed E-state index contributed by atoms with van der Waals surface area (Å²) < 4.78 is 2.55. The molecule has 1 aromatic heterocycles. The molecule has 0 fully saturated rings. The van der Waals surface area contributed by atoms with E-state index in [1.165, 1.54) is 27.4 Å². The zero-order valence-electron chi connectivity index (χ0n) is 12.9. The van der Waals surface area contributed by atoms with Gasteiger partial charge in [0.2, 0.25) is 0 Å². The average Bonchev–Trinajstić information content (AvgIpc) is 2.81. The van der Waals surface area contributed by atoms with Crippen molar-refractivity contribution in [1.82, 2.24) is 4.57 Å². The Labute approximate surface area is 121 Å². The molecule has 3 aromatic rings.